The SMILES string of the molecule is CC1=C[C@@H]([B-]2(F)Oc3ccccc3O2)[C@H]2C(=O)N(c3ccccc3)C(=O)[C@H]2C1. The molecule has 2 aromatic rings. The van der Waals surface area contributed by atoms with Crippen LogP contribution in [0.2, 0.25) is 5.82 Å². The lowest BCUT2D eigenvalue weighted by Crippen LogP contribution is -2.50. The van der Waals surface area contributed by atoms with Crippen molar-refractivity contribution in [1.29, 1.82) is 0 Å². The average Bonchev–Trinajstić information content (AvgIpc) is 3.16. The summed E-state index contributed by atoms with van der Waals surface area (Å²) in [4.78, 5) is 27.5. The fourth-order valence-corrected chi connectivity index (χ4v) is 4.61. The Labute approximate surface area is 161 Å². The molecule has 28 heavy (non-hydrogen) atoms. The maximum Gasteiger partial charge on any atom is 0.533 e. The quantitative estimate of drug-likeness (QED) is 0.452. The number of carbonyl (C=O) groups excluding carboxylic acids is 2. The van der Waals surface area contributed by atoms with Crippen LogP contribution in [0.3, 0.4) is 0 Å². The van der Waals surface area contributed by atoms with Crippen molar-refractivity contribution in [3.8, 4) is 11.5 Å². The summed E-state index contributed by atoms with van der Waals surface area (Å²) in [5, 5.41) is 0. The van der Waals surface area contributed by atoms with Crippen molar-refractivity contribution in [2.75, 3.05) is 4.90 Å². The summed E-state index contributed by atoms with van der Waals surface area (Å²) in [6, 6.07) is 15.5. The number of para-hydroxylation sites is 3. The summed E-state index contributed by atoms with van der Waals surface area (Å²) in [6.45, 7) is -1.48. The number of imide groups is 1. The third-order valence-corrected chi connectivity index (χ3v) is 5.81. The van der Waals surface area contributed by atoms with Gasteiger partial charge in [0, 0.05) is 5.92 Å². The van der Waals surface area contributed by atoms with Crippen LogP contribution in [0.4, 0.5) is 10.0 Å². The van der Waals surface area contributed by atoms with Gasteiger partial charge in [-0.25, -0.2) is 0 Å². The molecule has 1 aliphatic carbocycles. The Hall–Kier alpha value is -3.09. The van der Waals surface area contributed by atoms with Gasteiger partial charge in [-0.2, -0.15) is 0 Å². The average molecular weight is 378 g/mol. The van der Waals surface area contributed by atoms with Crippen LogP contribution < -0.4 is 14.2 Å². The molecule has 3 atom stereocenters. The van der Waals surface area contributed by atoms with Crippen molar-refractivity contribution in [3.63, 3.8) is 0 Å². The first-order valence-electron chi connectivity index (χ1n) is 9.38. The van der Waals surface area contributed by atoms with Gasteiger partial charge in [-0.05, 0) is 43.4 Å². The smallest absolute Gasteiger partial charge is 0.533 e. The molecule has 5 nitrogen and oxygen atoms in total. The first-order chi connectivity index (χ1) is 13.5. The topological polar surface area (TPSA) is 55.8 Å². The monoisotopic (exact) mass is 378 g/mol. The van der Waals surface area contributed by atoms with Gasteiger partial charge in [-0.15, -0.1) is 6.08 Å². The fourth-order valence-electron chi connectivity index (χ4n) is 4.61. The third kappa shape index (κ3) is 2.39. The van der Waals surface area contributed by atoms with E-state index < -0.39 is 30.4 Å². The Morgan fingerprint density at radius 3 is 2.21 bits per heavy atom. The van der Waals surface area contributed by atoms with E-state index in [9.17, 15) is 9.59 Å². The van der Waals surface area contributed by atoms with Crippen LogP contribution >= 0.6 is 0 Å². The highest BCUT2D eigenvalue weighted by molar-refractivity contribution is 6.65. The molecule has 1 fully saturated rings. The second-order valence-electron chi connectivity index (χ2n) is 7.63. The summed E-state index contributed by atoms with van der Waals surface area (Å²) in [7, 11) is 0. The zero-order valence-electron chi connectivity index (χ0n) is 15.2. The number of allylic oxidation sites excluding steroid dienone is 2. The molecule has 0 unspecified atom stereocenters. The maximum absolute atomic E-state index is 15.9. The molecule has 2 heterocycles. The van der Waals surface area contributed by atoms with Crippen LogP contribution in [-0.4, -0.2) is 18.6 Å². The van der Waals surface area contributed by atoms with E-state index in [2.05, 4.69) is 0 Å². The summed E-state index contributed by atoms with van der Waals surface area (Å²) in [5.74, 6) is -2.50. The van der Waals surface area contributed by atoms with E-state index in [1.165, 1.54) is 4.90 Å². The van der Waals surface area contributed by atoms with E-state index in [0.29, 0.717) is 23.6 Å². The Morgan fingerprint density at radius 1 is 0.964 bits per heavy atom. The van der Waals surface area contributed by atoms with Gasteiger partial charge in [0.1, 0.15) is 11.5 Å². The van der Waals surface area contributed by atoms with Gasteiger partial charge in [0.15, 0.2) is 0 Å². The third-order valence-electron chi connectivity index (χ3n) is 5.81. The van der Waals surface area contributed by atoms with Gasteiger partial charge in [-0.3, -0.25) is 14.5 Å². The number of nitrogens with zero attached hydrogens (tertiary/aromatic N) is 1. The van der Waals surface area contributed by atoms with Crippen molar-refractivity contribution in [3.05, 3.63) is 66.2 Å². The molecule has 1 saturated heterocycles. The molecule has 2 aliphatic heterocycles. The number of amides is 2. The highest BCUT2D eigenvalue weighted by Gasteiger charge is 2.59. The minimum atomic E-state index is -3.33. The molecule has 2 aromatic carbocycles. The van der Waals surface area contributed by atoms with Gasteiger partial charge in [0.05, 0.1) is 11.6 Å². The number of hydrogen-bond donors (Lipinski definition) is 0. The molecule has 0 radical (unpaired) electrons. The van der Waals surface area contributed by atoms with Crippen LogP contribution in [0.5, 0.6) is 11.5 Å². The normalized spacial score (nSPS) is 27.6. The molecule has 7 heteroatoms. The van der Waals surface area contributed by atoms with Crippen LogP contribution in [0, 0.1) is 11.8 Å². The molecule has 5 rings (SSSR count). The second-order valence-corrected chi connectivity index (χ2v) is 7.63. The van der Waals surface area contributed by atoms with E-state index in [1.807, 2.05) is 13.0 Å². The molecular weight excluding hydrogens is 360 g/mol. The fraction of sp³-hybridized carbons (Fsp3) is 0.238. The van der Waals surface area contributed by atoms with Crippen molar-refractivity contribution >= 4 is 24.3 Å². The molecule has 142 valence electrons. The van der Waals surface area contributed by atoms with E-state index >= 15 is 4.32 Å². The predicted octanol–water partition coefficient (Wildman–Crippen LogP) is 3.89. The number of hydrogen-bond acceptors (Lipinski definition) is 4. The molecule has 0 spiro atoms. The number of carbonyl (C=O) groups is 2. The van der Waals surface area contributed by atoms with Crippen LogP contribution in [0.1, 0.15) is 13.3 Å². The minimum absolute atomic E-state index is 0.298. The first-order valence-corrected chi connectivity index (χ1v) is 9.38. The zero-order valence-corrected chi connectivity index (χ0v) is 15.2. The maximum atomic E-state index is 15.9. The number of anilines is 1. The highest BCUT2D eigenvalue weighted by Crippen LogP contribution is 2.52. The molecule has 0 saturated carbocycles. The largest absolute Gasteiger partial charge is 0.654 e. The van der Waals surface area contributed by atoms with Crippen LogP contribution in [0.15, 0.2) is 66.2 Å². The van der Waals surface area contributed by atoms with E-state index in [1.54, 1.807) is 54.6 Å². The Morgan fingerprint density at radius 2 is 1.57 bits per heavy atom. The lowest BCUT2D eigenvalue weighted by Gasteiger charge is -2.40. The van der Waals surface area contributed by atoms with Crippen molar-refractivity contribution in [2.45, 2.75) is 19.2 Å². The summed E-state index contributed by atoms with van der Waals surface area (Å²) in [5.41, 5.74) is 1.35. The number of benzene rings is 2. The first kappa shape index (κ1) is 17.0. The Kier molecular flexibility index (Phi) is 3.63. The summed E-state index contributed by atoms with van der Waals surface area (Å²) >= 11 is 0. The van der Waals surface area contributed by atoms with Gasteiger partial charge >= 0.3 is 6.83 Å². The van der Waals surface area contributed by atoms with Gasteiger partial charge in [0.2, 0.25) is 11.8 Å². The van der Waals surface area contributed by atoms with Crippen LogP contribution in [0.25, 0.3) is 0 Å². The number of rotatable bonds is 2. The molecule has 3 aliphatic rings. The van der Waals surface area contributed by atoms with Crippen molar-refractivity contribution in [1.82, 2.24) is 0 Å². The Balaban J connectivity index is 1.54. The summed E-state index contributed by atoms with van der Waals surface area (Å²) < 4.78 is 27.0. The van der Waals surface area contributed by atoms with Gasteiger partial charge in [-0.1, -0.05) is 35.9 Å². The molecule has 0 aromatic heterocycles. The lowest BCUT2D eigenvalue weighted by atomic mass is 9.55. The number of fused-ring (bicyclic) bond motifs is 2. The Bertz CT molecular complexity index is 983. The standard InChI is InChI=1S/C21H18BFNO4/c1-13-11-15-19(21(26)24(20(15)25)14-7-3-2-4-8-14)16(12-13)22(23)27-17-9-5-6-10-18(17)28-22/h2-10,12,15-16,19H,11H2,1H3/q-1/t15-,16+,19-/m0/s1. The lowest BCUT2D eigenvalue weighted by molar-refractivity contribution is -0.122. The van der Waals surface area contributed by atoms with E-state index in [-0.39, 0.29) is 5.91 Å². The zero-order chi connectivity index (χ0) is 19.5. The van der Waals surface area contributed by atoms with Crippen molar-refractivity contribution < 1.29 is 23.2 Å². The van der Waals surface area contributed by atoms with Crippen LogP contribution in [-0.2, 0) is 9.59 Å². The second kappa shape index (κ2) is 5.96. The summed E-state index contributed by atoms with van der Waals surface area (Å²) in [6.07, 6.45) is 2.13. The van der Waals surface area contributed by atoms with E-state index in [0.717, 1.165) is 5.57 Å². The van der Waals surface area contributed by atoms with Gasteiger partial charge in [0.25, 0.3) is 0 Å². The molecule has 0 bridgehead atoms. The molecular formula is C21H18BFNO4-. The van der Waals surface area contributed by atoms with Crippen molar-refractivity contribution in [2.24, 2.45) is 11.8 Å². The number of halogens is 1. The van der Waals surface area contributed by atoms with Gasteiger partial charge < -0.3 is 13.6 Å². The highest BCUT2D eigenvalue weighted by atomic mass is 19.1. The minimum Gasteiger partial charge on any atom is -0.654 e. The predicted molar refractivity (Wildman–Crippen MR) is 103 cm³/mol. The molecule has 0 N–H and O–H groups in total. The van der Waals surface area contributed by atoms with E-state index in [4.69, 9.17) is 9.31 Å². The molecule has 2 amide bonds.